The van der Waals surface area contributed by atoms with E-state index < -0.39 is 11.7 Å². The predicted molar refractivity (Wildman–Crippen MR) is 107 cm³/mol. The van der Waals surface area contributed by atoms with Gasteiger partial charge in [0.05, 0.1) is 0 Å². The quantitative estimate of drug-likeness (QED) is 0.810. The minimum Gasteiger partial charge on any atom is -0.444 e. The zero-order valence-corrected chi connectivity index (χ0v) is 17.2. The van der Waals surface area contributed by atoms with Gasteiger partial charge >= 0.3 is 6.09 Å². The summed E-state index contributed by atoms with van der Waals surface area (Å²) in [6, 6.07) is 7.62. The van der Waals surface area contributed by atoms with Crippen LogP contribution >= 0.6 is 0 Å². The van der Waals surface area contributed by atoms with E-state index in [1.807, 2.05) is 36.1 Å². The highest BCUT2D eigenvalue weighted by atomic mass is 16.6. The monoisotopic (exact) mass is 389 g/mol. The molecule has 0 radical (unpaired) electrons. The van der Waals surface area contributed by atoms with Crippen LogP contribution in [0.4, 0.5) is 4.79 Å². The molecular formula is C21H31N3O4. The lowest BCUT2D eigenvalue weighted by Crippen LogP contribution is -2.47. The summed E-state index contributed by atoms with van der Waals surface area (Å²) < 4.78 is 5.13. The molecule has 0 spiro atoms. The second-order valence-electron chi connectivity index (χ2n) is 8.18. The van der Waals surface area contributed by atoms with Gasteiger partial charge in [0.15, 0.2) is 0 Å². The van der Waals surface area contributed by atoms with Crippen LogP contribution in [0.5, 0.6) is 0 Å². The lowest BCUT2D eigenvalue weighted by molar-refractivity contribution is -0.121. The summed E-state index contributed by atoms with van der Waals surface area (Å²) in [5.74, 6) is -0.0780. The average molecular weight is 389 g/mol. The van der Waals surface area contributed by atoms with Gasteiger partial charge in [0.2, 0.25) is 5.91 Å². The number of ether oxygens (including phenoxy) is 1. The largest absolute Gasteiger partial charge is 0.444 e. The van der Waals surface area contributed by atoms with Gasteiger partial charge in [-0.1, -0.05) is 17.7 Å². The Balaban J connectivity index is 1.67. The Morgan fingerprint density at radius 2 is 1.71 bits per heavy atom. The molecule has 1 saturated heterocycles. The lowest BCUT2D eigenvalue weighted by Gasteiger charge is -2.32. The van der Waals surface area contributed by atoms with Gasteiger partial charge in [0, 0.05) is 37.7 Å². The number of carbonyl (C=O) groups excluding carboxylic acids is 3. The van der Waals surface area contributed by atoms with Gasteiger partial charge in [-0.3, -0.25) is 9.59 Å². The number of amides is 3. The highest BCUT2D eigenvalue weighted by Gasteiger charge is 2.24. The van der Waals surface area contributed by atoms with Crippen molar-refractivity contribution in [2.45, 2.75) is 58.6 Å². The first-order valence-electron chi connectivity index (χ1n) is 9.76. The Bertz CT molecular complexity index is 687. The van der Waals surface area contributed by atoms with Crippen molar-refractivity contribution >= 4 is 17.9 Å². The van der Waals surface area contributed by atoms with Gasteiger partial charge in [-0.2, -0.15) is 0 Å². The van der Waals surface area contributed by atoms with Gasteiger partial charge in [0.25, 0.3) is 5.91 Å². The van der Waals surface area contributed by atoms with Gasteiger partial charge in [0.1, 0.15) is 5.60 Å². The minimum atomic E-state index is -0.559. The fraction of sp³-hybridized carbons (Fsp3) is 0.571. The normalized spacial score (nSPS) is 15.1. The SMILES string of the molecule is Cc1ccc(C(=O)N2CCC(NC(=O)CCNC(=O)OC(C)(C)C)CC2)cc1. The van der Waals surface area contributed by atoms with Gasteiger partial charge in [-0.25, -0.2) is 4.79 Å². The molecule has 1 aromatic rings. The van der Waals surface area contributed by atoms with Crippen LogP contribution in [0.3, 0.4) is 0 Å². The molecule has 7 heteroatoms. The molecule has 2 rings (SSSR count). The zero-order chi connectivity index (χ0) is 20.7. The van der Waals surface area contributed by atoms with Crippen molar-refractivity contribution in [3.05, 3.63) is 35.4 Å². The summed E-state index contributed by atoms with van der Waals surface area (Å²) in [5.41, 5.74) is 1.26. The fourth-order valence-corrected chi connectivity index (χ4v) is 3.00. The molecule has 1 aromatic carbocycles. The third-order valence-electron chi connectivity index (χ3n) is 4.47. The van der Waals surface area contributed by atoms with Crippen molar-refractivity contribution in [1.82, 2.24) is 15.5 Å². The first-order chi connectivity index (χ1) is 13.1. The standard InChI is InChI=1S/C21H31N3O4/c1-15-5-7-16(8-6-15)19(26)24-13-10-17(11-14-24)23-18(25)9-12-22-20(27)28-21(2,3)4/h5-8,17H,9-14H2,1-4H3,(H,22,27)(H,23,25). The summed E-state index contributed by atoms with van der Waals surface area (Å²) >= 11 is 0. The zero-order valence-electron chi connectivity index (χ0n) is 17.2. The number of nitrogens with zero attached hydrogens (tertiary/aromatic N) is 1. The third-order valence-corrected chi connectivity index (χ3v) is 4.47. The van der Waals surface area contributed by atoms with Gasteiger partial charge in [-0.05, 0) is 52.7 Å². The fourth-order valence-electron chi connectivity index (χ4n) is 3.00. The molecule has 0 unspecified atom stereocenters. The average Bonchev–Trinajstić information content (AvgIpc) is 2.61. The van der Waals surface area contributed by atoms with Crippen LogP contribution in [-0.2, 0) is 9.53 Å². The number of piperidine rings is 1. The molecule has 0 aromatic heterocycles. The molecule has 1 heterocycles. The molecule has 1 fully saturated rings. The molecule has 0 atom stereocenters. The Morgan fingerprint density at radius 1 is 1.11 bits per heavy atom. The van der Waals surface area contributed by atoms with E-state index in [-0.39, 0.29) is 30.8 Å². The van der Waals surface area contributed by atoms with E-state index in [2.05, 4.69) is 10.6 Å². The van der Waals surface area contributed by atoms with Crippen molar-refractivity contribution in [3.8, 4) is 0 Å². The van der Waals surface area contributed by atoms with Crippen LogP contribution in [0, 0.1) is 6.92 Å². The molecule has 0 saturated carbocycles. The first-order valence-corrected chi connectivity index (χ1v) is 9.76. The van der Waals surface area contributed by atoms with Crippen LogP contribution in [0.15, 0.2) is 24.3 Å². The molecule has 0 bridgehead atoms. The molecule has 1 aliphatic heterocycles. The van der Waals surface area contributed by atoms with Crippen LogP contribution in [-0.4, -0.2) is 54.1 Å². The smallest absolute Gasteiger partial charge is 0.407 e. The van der Waals surface area contributed by atoms with Gasteiger partial charge < -0.3 is 20.3 Å². The maximum atomic E-state index is 12.5. The molecule has 28 heavy (non-hydrogen) atoms. The summed E-state index contributed by atoms with van der Waals surface area (Å²) in [4.78, 5) is 38.0. The van der Waals surface area contributed by atoms with E-state index in [9.17, 15) is 14.4 Å². The van der Waals surface area contributed by atoms with Crippen molar-refractivity contribution in [2.24, 2.45) is 0 Å². The second-order valence-corrected chi connectivity index (χ2v) is 8.18. The molecular weight excluding hydrogens is 358 g/mol. The van der Waals surface area contributed by atoms with Crippen molar-refractivity contribution in [2.75, 3.05) is 19.6 Å². The van der Waals surface area contributed by atoms with E-state index in [4.69, 9.17) is 4.74 Å². The Hall–Kier alpha value is -2.57. The number of rotatable bonds is 5. The van der Waals surface area contributed by atoms with E-state index in [0.29, 0.717) is 18.7 Å². The predicted octanol–water partition coefficient (Wildman–Crippen LogP) is 2.63. The highest BCUT2D eigenvalue weighted by Crippen LogP contribution is 2.15. The lowest BCUT2D eigenvalue weighted by atomic mass is 10.0. The summed E-state index contributed by atoms with van der Waals surface area (Å²) in [5, 5.41) is 5.56. The van der Waals surface area contributed by atoms with E-state index >= 15 is 0 Å². The number of benzene rings is 1. The topological polar surface area (TPSA) is 87.7 Å². The molecule has 1 aliphatic rings. The number of aryl methyl sites for hydroxylation is 1. The molecule has 3 amide bonds. The van der Waals surface area contributed by atoms with Crippen LogP contribution in [0.25, 0.3) is 0 Å². The minimum absolute atomic E-state index is 0.0336. The van der Waals surface area contributed by atoms with Crippen LogP contribution < -0.4 is 10.6 Å². The molecule has 7 nitrogen and oxygen atoms in total. The third kappa shape index (κ3) is 7.21. The number of hydrogen-bond acceptors (Lipinski definition) is 4. The maximum Gasteiger partial charge on any atom is 0.407 e. The van der Waals surface area contributed by atoms with E-state index in [0.717, 1.165) is 18.4 Å². The second kappa shape index (κ2) is 9.57. The number of carbonyl (C=O) groups is 3. The van der Waals surface area contributed by atoms with Crippen molar-refractivity contribution < 1.29 is 19.1 Å². The molecule has 2 N–H and O–H groups in total. The van der Waals surface area contributed by atoms with Crippen molar-refractivity contribution in [1.29, 1.82) is 0 Å². The summed E-state index contributed by atoms with van der Waals surface area (Å²) in [6.45, 7) is 8.82. The van der Waals surface area contributed by atoms with Crippen molar-refractivity contribution in [3.63, 3.8) is 0 Å². The van der Waals surface area contributed by atoms with Crippen LogP contribution in [0.2, 0.25) is 0 Å². The number of likely N-dealkylation sites (tertiary alicyclic amines) is 1. The molecule has 0 aliphatic carbocycles. The highest BCUT2D eigenvalue weighted by molar-refractivity contribution is 5.94. The Kier molecular flexibility index (Phi) is 7.43. The summed E-state index contributed by atoms with van der Waals surface area (Å²) in [6.07, 6.45) is 1.12. The number of nitrogens with one attached hydrogen (secondary N) is 2. The maximum absolute atomic E-state index is 12.5. The van der Waals surface area contributed by atoms with Gasteiger partial charge in [-0.15, -0.1) is 0 Å². The summed E-state index contributed by atoms with van der Waals surface area (Å²) in [7, 11) is 0. The van der Waals surface area contributed by atoms with E-state index in [1.54, 1.807) is 20.8 Å². The Labute approximate surface area is 166 Å². The number of hydrogen-bond donors (Lipinski definition) is 2. The van der Waals surface area contributed by atoms with Crippen LogP contribution in [0.1, 0.15) is 56.0 Å². The Morgan fingerprint density at radius 3 is 2.29 bits per heavy atom. The molecule has 154 valence electrons. The van der Waals surface area contributed by atoms with E-state index in [1.165, 1.54) is 0 Å². The first kappa shape index (κ1) is 21.7. The number of alkyl carbamates (subject to hydrolysis) is 1.